The van der Waals surface area contributed by atoms with E-state index >= 15 is 0 Å². The van der Waals surface area contributed by atoms with Crippen molar-refractivity contribution in [2.75, 3.05) is 6.54 Å². The molecule has 7 heteroatoms. The van der Waals surface area contributed by atoms with Crippen molar-refractivity contribution < 1.29 is 9.90 Å². The van der Waals surface area contributed by atoms with Crippen LogP contribution >= 0.6 is 11.3 Å². The quantitative estimate of drug-likeness (QED) is 0.749. The highest BCUT2D eigenvalue weighted by atomic mass is 32.1. The fraction of sp³-hybridized carbons (Fsp3) is 0.471. The van der Waals surface area contributed by atoms with Gasteiger partial charge in [0.1, 0.15) is 10.0 Å². The van der Waals surface area contributed by atoms with Crippen LogP contribution in [0.5, 0.6) is 0 Å². The van der Waals surface area contributed by atoms with Gasteiger partial charge in [-0.15, -0.1) is 10.2 Å². The maximum Gasteiger partial charge on any atom is 0.315 e. The third-order valence-electron chi connectivity index (χ3n) is 3.46. The van der Waals surface area contributed by atoms with Crippen LogP contribution in [-0.4, -0.2) is 27.9 Å². The van der Waals surface area contributed by atoms with Gasteiger partial charge in [-0.1, -0.05) is 54.5 Å². The number of aliphatic hydroxyl groups excluding tert-OH is 1. The van der Waals surface area contributed by atoms with Crippen LogP contribution in [0.2, 0.25) is 0 Å². The maximum atomic E-state index is 11.8. The van der Waals surface area contributed by atoms with E-state index in [1.807, 2.05) is 32.0 Å². The number of nitrogens with zero attached hydrogens (tertiary/aromatic N) is 2. The zero-order valence-electron chi connectivity index (χ0n) is 14.5. The molecule has 1 unspecified atom stereocenters. The Morgan fingerprint density at radius 3 is 2.42 bits per heavy atom. The molecule has 130 valence electrons. The van der Waals surface area contributed by atoms with E-state index in [2.05, 4.69) is 34.7 Å². The lowest BCUT2D eigenvalue weighted by molar-refractivity contribution is 0.173. The van der Waals surface area contributed by atoms with Crippen LogP contribution in [0, 0.1) is 13.8 Å². The molecular weight excluding hydrogens is 324 g/mol. The van der Waals surface area contributed by atoms with Gasteiger partial charge in [0.05, 0.1) is 12.6 Å². The summed E-state index contributed by atoms with van der Waals surface area (Å²) < 4.78 is 0. The van der Waals surface area contributed by atoms with Crippen molar-refractivity contribution in [2.45, 2.75) is 46.3 Å². The minimum Gasteiger partial charge on any atom is -0.387 e. The van der Waals surface area contributed by atoms with E-state index in [0.29, 0.717) is 12.5 Å². The number of amides is 2. The fourth-order valence-corrected chi connectivity index (χ4v) is 3.08. The maximum absolute atomic E-state index is 11.8. The smallest absolute Gasteiger partial charge is 0.315 e. The van der Waals surface area contributed by atoms with Gasteiger partial charge in [0.25, 0.3) is 0 Å². The van der Waals surface area contributed by atoms with Gasteiger partial charge in [0.15, 0.2) is 0 Å². The van der Waals surface area contributed by atoms with Crippen molar-refractivity contribution in [1.82, 2.24) is 20.8 Å². The van der Waals surface area contributed by atoms with Crippen molar-refractivity contribution in [2.24, 2.45) is 0 Å². The molecule has 1 heterocycles. The summed E-state index contributed by atoms with van der Waals surface area (Å²) in [7, 11) is 0. The Labute approximate surface area is 146 Å². The van der Waals surface area contributed by atoms with Crippen molar-refractivity contribution in [3.8, 4) is 0 Å². The Morgan fingerprint density at radius 1 is 1.17 bits per heavy atom. The lowest BCUT2D eigenvalue weighted by Crippen LogP contribution is -2.37. The van der Waals surface area contributed by atoms with Crippen molar-refractivity contribution in [3.63, 3.8) is 0 Å². The Bertz CT molecular complexity index is 679. The van der Waals surface area contributed by atoms with E-state index in [0.717, 1.165) is 26.7 Å². The predicted molar refractivity (Wildman–Crippen MR) is 95.1 cm³/mol. The molecule has 1 aromatic carbocycles. The molecule has 0 spiro atoms. The highest BCUT2D eigenvalue weighted by molar-refractivity contribution is 7.11. The van der Waals surface area contributed by atoms with Crippen molar-refractivity contribution in [1.29, 1.82) is 0 Å². The first kappa shape index (κ1) is 18.4. The molecule has 2 aromatic rings. The van der Waals surface area contributed by atoms with Gasteiger partial charge < -0.3 is 15.7 Å². The molecule has 1 aromatic heterocycles. The molecule has 2 amide bonds. The second kappa shape index (κ2) is 8.21. The lowest BCUT2D eigenvalue weighted by atomic mass is 10.0. The molecule has 3 N–H and O–H groups in total. The summed E-state index contributed by atoms with van der Waals surface area (Å²) >= 11 is 1.49. The van der Waals surface area contributed by atoms with Crippen LogP contribution in [-0.2, 0) is 6.54 Å². The molecule has 0 aliphatic carbocycles. The number of aliphatic hydroxyl groups is 1. The first-order valence-electron chi connectivity index (χ1n) is 7.95. The van der Waals surface area contributed by atoms with Crippen LogP contribution < -0.4 is 10.6 Å². The third-order valence-corrected chi connectivity index (χ3v) is 4.69. The molecule has 0 fully saturated rings. The van der Waals surface area contributed by atoms with Gasteiger partial charge in [-0.2, -0.15) is 0 Å². The summed E-state index contributed by atoms with van der Waals surface area (Å²) in [5.41, 5.74) is 2.98. The van der Waals surface area contributed by atoms with Gasteiger partial charge in [-0.05, 0) is 19.4 Å². The zero-order valence-corrected chi connectivity index (χ0v) is 15.3. The molecule has 0 saturated heterocycles. The van der Waals surface area contributed by atoms with Crippen LogP contribution in [0.25, 0.3) is 0 Å². The first-order chi connectivity index (χ1) is 11.3. The van der Waals surface area contributed by atoms with Crippen molar-refractivity contribution in [3.05, 3.63) is 44.9 Å². The molecule has 6 nitrogen and oxygen atoms in total. The average Bonchev–Trinajstić information content (AvgIpc) is 2.98. The molecule has 0 saturated carbocycles. The highest BCUT2D eigenvalue weighted by Crippen LogP contribution is 2.18. The highest BCUT2D eigenvalue weighted by Gasteiger charge is 2.12. The summed E-state index contributed by atoms with van der Waals surface area (Å²) in [5, 5.41) is 25.5. The van der Waals surface area contributed by atoms with Crippen LogP contribution in [0.4, 0.5) is 4.79 Å². The lowest BCUT2D eigenvalue weighted by Gasteiger charge is -2.14. The molecular formula is C17H24N4O2S. The molecule has 24 heavy (non-hydrogen) atoms. The average molecular weight is 348 g/mol. The second-order valence-corrected chi connectivity index (χ2v) is 7.28. The van der Waals surface area contributed by atoms with E-state index in [1.165, 1.54) is 11.3 Å². The Balaban J connectivity index is 1.79. The number of carbonyl (C=O) groups excluding carboxylic acids is 1. The number of aryl methyl sites for hydroxylation is 2. The number of hydrogen-bond donors (Lipinski definition) is 3. The third kappa shape index (κ3) is 5.28. The topological polar surface area (TPSA) is 87.1 Å². The number of benzene rings is 1. The Morgan fingerprint density at radius 2 is 1.83 bits per heavy atom. The SMILES string of the molecule is Cc1cc(C)cc(C(O)CNC(=O)NCc2nnc(C(C)C)s2)c1. The standard InChI is InChI=1S/C17H24N4O2S/c1-10(2)16-21-20-15(24-16)9-19-17(23)18-8-14(22)13-6-11(3)5-12(4)7-13/h5-7,10,14,22H,8-9H2,1-4H3,(H2,18,19,23). The summed E-state index contributed by atoms with van der Waals surface area (Å²) in [5.74, 6) is 0.331. The second-order valence-electron chi connectivity index (χ2n) is 6.19. The van der Waals surface area contributed by atoms with Gasteiger partial charge in [0, 0.05) is 12.5 Å². The minimum absolute atomic E-state index is 0.155. The predicted octanol–water partition coefficient (Wildman–Crippen LogP) is 2.81. The number of carbonyl (C=O) groups is 1. The van der Waals surface area contributed by atoms with Gasteiger partial charge in [-0.25, -0.2) is 4.79 Å². The Hall–Kier alpha value is -1.99. The van der Waals surface area contributed by atoms with Crippen molar-refractivity contribution >= 4 is 17.4 Å². The molecule has 0 aliphatic heterocycles. The first-order valence-corrected chi connectivity index (χ1v) is 8.77. The summed E-state index contributed by atoms with van der Waals surface area (Å²) in [6.07, 6.45) is -0.733. The summed E-state index contributed by atoms with van der Waals surface area (Å²) in [4.78, 5) is 11.8. The molecule has 0 bridgehead atoms. The summed E-state index contributed by atoms with van der Waals surface area (Å²) in [6.45, 7) is 8.56. The Kier molecular flexibility index (Phi) is 6.28. The van der Waals surface area contributed by atoms with E-state index in [4.69, 9.17) is 0 Å². The molecule has 2 rings (SSSR count). The molecule has 0 radical (unpaired) electrons. The minimum atomic E-state index is -0.733. The number of urea groups is 1. The van der Waals surface area contributed by atoms with E-state index in [1.54, 1.807) is 0 Å². The van der Waals surface area contributed by atoms with Gasteiger partial charge in [-0.3, -0.25) is 0 Å². The monoisotopic (exact) mass is 348 g/mol. The van der Waals surface area contributed by atoms with Crippen LogP contribution in [0.15, 0.2) is 18.2 Å². The fourth-order valence-electron chi connectivity index (χ4n) is 2.30. The zero-order chi connectivity index (χ0) is 17.7. The van der Waals surface area contributed by atoms with Gasteiger partial charge >= 0.3 is 6.03 Å². The normalized spacial score (nSPS) is 12.2. The summed E-state index contributed by atoms with van der Waals surface area (Å²) in [6, 6.07) is 5.56. The van der Waals surface area contributed by atoms with Crippen LogP contribution in [0.1, 0.15) is 52.6 Å². The molecule has 1 atom stereocenters. The van der Waals surface area contributed by atoms with Crippen LogP contribution in [0.3, 0.4) is 0 Å². The number of hydrogen-bond acceptors (Lipinski definition) is 5. The number of rotatable bonds is 6. The van der Waals surface area contributed by atoms with E-state index in [-0.39, 0.29) is 12.6 Å². The number of aromatic nitrogens is 2. The molecule has 0 aliphatic rings. The van der Waals surface area contributed by atoms with E-state index < -0.39 is 6.10 Å². The van der Waals surface area contributed by atoms with Gasteiger partial charge in [0.2, 0.25) is 0 Å². The number of nitrogens with one attached hydrogen (secondary N) is 2. The largest absolute Gasteiger partial charge is 0.387 e. The van der Waals surface area contributed by atoms with E-state index in [9.17, 15) is 9.90 Å².